The van der Waals surface area contributed by atoms with Gasteiger partial charge in [-0.2, -0.15) is 0 Å². The van der Waals surface area contributed by atoms with Crippen LogP contribution in [0.2, 0.25) is 0 Å². The van der Waals surface area contributed by atoms with Crippen molar-refractivity contribution in [2.24, 2.45) is 0 Å². The third-order valence-electron chi connectivity index (χ3n) is 5.36. The SMILES string of the molecule is O=C(CCc1nnn2c1CN(Cc1ccc(F)cc1F)CC2)N1CCCC1. The third-order valence-corrected chi connectivity index (χ3v) is 5.36. The summed E-state index contributed by atoms with van der Waals surface area (Å²) in [6, 6.07) is 3.69. The summed E-state index contributed by atoms with van der Waals surface area (Å²) >= 11 is 0. The number of rotatable bonds is 5. The maximum absolute atomic E-state index is 13.9. The standard InChI is InChI=1S/C19H23F2N5O/c20-15-4-3-14(16(21)11-15)12-24-9-10-26-18(13-24)17(22-23-26)5-6-19(27)25-7-1-2-8-25/h3-4,11H,1-2,5-10,12-13H2. The summed E-state index contributed by atoms with van der Waals surface area (Å²) in [6.45, 7) is 4.11. The van der Waals surface area contributed by atoms with Gasteiger partial charge in [0.25, 0.3) is 0 Å². The first-order valence-corrected chi connectivity index (χ1v) is 9.45. The molecule has 27 heavy (non-hydrogen) atoms. The Morgan fingerprint density at radius 1 is 1.11 bits per heavy atom. The van der Waals surface area contributed by atoms with Gasteiger partial charge in [-0.25, -0.2) is 13.5 Å². The van der Waals surface area contributed by atoms with Crippen LogP contribution in [-0.4, -0.2) is 50.3 Å². The predicted molar refractivity (Wildman–Crippen MR) is 94.6 cm³/mol. The average molecular weight is 375 g/mol. The molecule has 8 heteroatoms. The molecule has 0 N–H and O–H groups in total. The number of hydrogen-bond acceptors (Lipinski definition) is 4. The van der Waals surface area contributed by atoms with Gasteiger partial charge in [0.05, 0.1) is 17.9 Å². The summed E-state index contributed by atoms with van der Waals surface area (Å²) < 4.78 is 28.9. The minimum Gasteiger partial charge on any atom is -0.343 e. The summed E-state index contributed by atoms with van der Waals surface area (Å²) in [6.07, 6.45) is 3.19. The van der Waals surface area contributed by atoms with Gasteiger partial charge in [0.1, 0.15) is 11.6 Å². The molecule has 0 saturated carbocycles. The van der Waals surface area contributed by atoms with Crippen molar-refractivity contribution in [3.05, 3.63) is 46.8 Å². The van der Waals surface area contributed by atoms with E-state index in [-0.39, 0.29) is 5.91 Å². The lowest BCUT2D eigenvalue weighted by molar-refractivity contribution is -0.130. The first-order valence-electron chi connectivity index (χ1n) is 9.45. The van der Waals surface area contributed by atoms with Crippen molar-refractivity contribution >= 4 is 5.91 Å². The largest absolute Gasteiger partial charge is 0.343 e. The Hall–Kier alpha value is -2.35. The van der Waals surface area contributed by atoms with E-state index in [0.717, 1.165) is 49.9 Å². The van der Waals surface area contributed by atoms with E-state index in [2.05, 4.69) is 15.2 Å². The van der Waals surface area contributed by atoms with Crippen LogP contribution < -0.4 is 0 Å². The van der Waals surface area contributed by atoms with Gasteiger partial charge in [-0.3, -0.25) is 9.69 Å². The maximum atomic E-state index is 13.9. The summed E-state index contributed by atoms with van der Waals surface area (Å²) in [4.78, 5) is 16.3. The Kier molecular flexibility index (Phi) is 5.15. The fourth-order valence-electron chi connectivity index (χ4n) is 3.82. The lowest BCUT2D eigenvalue weighted by atomic mass is 10.1. The molecule has 1 fully saturated rings. The molecule has 4 rings (SSSR count). The van der Waals surface area contributed by atoms with E-state index < -0.39 is 11.6 Å². The van der Waals surface area contributed by atoms with Gasteiger partial charge in [-0.05, 0) is 18.9 Å². The highest BCUT2D eigenvalue weighted by atomic mass is 19.1. The fraction of sp³-hybridized carbons (Fsp3) is 0.526. The number of fused-ring (bicyclic) bond motifs is 1. The second-order valence-corrected chi connectivity index (χ2v) is 7.24. The fourth-order valence-corrected chi connectivity index (χ4v) is 3.82. The van der Waals surface area contributed by atoms with Gasteiger partial charge in [-0.15, -0.1) is 5.10 Å². The molecule has 0 bridgehead atoms. The number of aryl methyl sites for hydroxylation is 1. The number of carbonyl (C=O) groups is 1. The van der Waals surface area contributed by atoms with Crippen molar-refractivity contribution in [1.29, 1.82) is 0 Å². The van der Waals surface area contributed by atoms with Crippen molar-refractivity contribution < 1.29 is 13.6 Å². The van der Waals surface area contributed by atoms with Gasteiger partial charge in [-0.1, -0.05) is 11.3 Å². The number of aromatic nitrogens is 3. The number of amides is 1. The van der Waals surface area contributed by atoms with Crippen molar-refractivity contribution in [1.82, 2.24) is 24.8 Å². The molecule has 1 aromatic carbocycles. The van der Waals surface area contributed by atoms with Crippen LogP contribution in [0.3, 0.4) is 0 Å². The van der Waals surface area contributed by atoms with Crippen LogP contribution in [0, 0.1) is 11.6 Å². The number of carbonyl (C=O) groups excluding carboxylic acids is 1. The third kappa shape index (κ3) is 4.00. The summed E-state index contributed by atoms with van der Waals surface area (Å²) in [5.74, 6) is -0.916. The van der Waals surface area contributed by atoms with E-state index >= 15 is 0 Å². The number of benzene rings is 1. The van der Waals surface area contributed by atoms with Gasteiger partial charge in [0, 0.05) is 57.2 Å². The molecule has 1 aromatic heterocycles. The highest BCUT2D eigenvalue weighted by molar-refractivity contribution is 5.76. The molecule has 0 unspecified atom stereocenters. The number of likely N-dealkylation sites (tertiary alicyclic amines) is 1. The van der Waals surface area contributed by atoms with Crippen LogP contribution in [0.5, 0.6) is 0 Å². The van der Waals surface area contributed by atoms with Gasteiger partial charge >= 0.3 is 0 Å². The molecular weight excluding hydrogens is 352 g/mol. The lowest BCUT2D eigenvalue weighted by Gasteiger charge is -2.27. The normalized spacial score (nSPS) is 17.3. The molecule has 1 saturated heterocycles. The molecule has 2 aliphatic rings. The Labute approximate surface area is 156 Å². The van der Waals surface area contributed by atoms with Crippen molar-refractivity contribution in [2.45, 2.75) is 45.3 Å². The molecule has 0 aliphatic carbocycles. The van der Waals surface area contributed by atoms with Gasteiger partial charge in [0.2, 0.25) is 5.91 Å². The highest BCUT2D eigenvalue weighted by Gasteiger charge is 2.24. The monoisotopic (exact) mass is 375 g/mol. The van der Waals surface area contributed by atoms with Crippen molar-refractivity contribution in [3.63, 3.8) is 0 Å². The molecule has 2 aromatic rings. The summed E-state index contributed by atoms with van der Waals surface area (Å²) in [5.41, 5.74) is 2.30. The Morgan fingerprint density at radius 2 is 1.93 bits per heavy atom. The molecule has 1 amide bonds. The molecule has 6 nitrogen and oxygen atoms in total. The lowest BCUT2D eigenvalue weighted by Crippen LogP contribution is -2.34. The number of hydrogen-bond donors (Lipinski definition) is 0. The number of nitrogens with zero attached hydrogens (tertiary/aromatic N) is 5. The molecule has 3 heterocycles. The van der Waals surface area contributed by atoms with E-state index in [1.54, 1.807) is 0 Å². The maximum Gasteiger partial charge on any atom is 0.222 e. The highest BCUT2D eigenvalue weighted by Crippen LogP contribution is 2.20. The summed E-state index contributed by atoms with van der Waals surface area (Å²) in [5, 5.41) is 8.45. The Bertz CT molecular complexity index is 832. The zero-order valence-electron chi connectivity index (χ0n) is 15.2. The minimum absolute atomic E-state index is 0.176. The molecule has 0 radical (unpaired) electrons. The van der Waals surface area contributed by atoms with E-state index in [9.17, 15) is 13.6 Å². The molecule has 0 atom stereocenters. The van der Waals surface area contributed by atoms with Crippen LogP contribution in [0.25, 0.3) is 0 Å². The van der Waals surface area contributed by atoms with Crippen LogP contribution in [0.1, 0.15) is 36.2 Å². The van der Waals surface area contributed by atoms with Crippen LogP contribution in [0.15, 0.2) is 18.2 Å². The number of halogens is 2. The molecule has 144 valence electrons. The van der Waals surface area contributed by atoms with Gasteiger partial charge in [0.15, 0.2) is 0 Å². The van der Waals surface area contributed by atoms with E-state index in [1.807, 2.05) is 9.58 Å². The van der Waals surface area contributed by atoms with Crippen LogP contribution in [-0.2, 0) is 30.8 Å². The molecular formula is C19H23F2N5O. The Balaban J connectivity index is 1.39. The van der Waals surface area contributed by atoms with Crippen LogP contribution >= 0.6 is 0 Å². The molecule has 2 aliphatic heterocycles. The smallest absolute Gasteiger partial charge is 0.222 e. The summed E-state index contributed by atoms with van der Waals surface area (Å²) in [7, 11) is 0. The van der Waals surface area contributed by atoms with Gasteiger partial charge < -0.3 is 4.90 Å². The molecule has 0 spiro atoms. The first kappa shape index (κ1) is 18.0. The van der Waals surface area contributed by atoms with E-state index in [0.29, 0.717) is 38.0 Å². The van der Waals surface area contributed by atoms with Crippen molar-refractivity contribution in [2.75, 3.05) is 19.6 Å². The second kappa shape index (κ2) is 7.72. The predicted octanol–water partition coefficient (Wildman–Crippen LogP) is 2.13. The zero-order chi connectivity index (χ0) is 18.8. The first-order chi connectivity index (χ1) is 13.1. The Morgan fingerprint density at radius 3 is 2.70 bits per heavy atom. The van der Waals surface area contributed by atoms with E-state index in [1.165, 1.54) is 12.1 Å². The quantitative estimate of drug-likeness (QED) is 0.803. The van der Waals surface area contributed by atoms with E-state index in [4.69, 9.17) is 0 Å². The van der Waals surface area contributed by atoms with Crippen molar-refractivity contribution in [3.8, 4) is 0 Å². The zero-order valence-corrected chi connectivity index (χ0v) is 15.2. The average Bonchev–Trinajstić information content (AvgIpc) is 3.32. The van der Waals surface area contributed by atoms with Crippen LogP contribution in [0.4, 0.5) is 8.78 Å². The minimum atomic E-state index is -0.567. The second-order valence-electron chi connectivity index (χ2n) is 7.24. The topological polar surface area (TPSA) is 54.3 Å².